The molecule has 0 fully saturated rings. The first kappa shape index (κ1) is 30.8. The van der Waals surface area contributed by atoms with Gasteiger partial charge in [-0.15, -0.1) is 0 Å². The molecule has 3 N–H and O–H groups in total. The highest BCUT2D eigenvalue weighted by Gasteiger charge is 2.39. The maximum Gasteiger partial charge on any atom is 0.407 e. The topological polar surface area (TPSA) is 105 Å². The van der Waals surface area contributed by atoms with Gasteiger partial charge in [0.15, 0.2) is 0 Å². The van der Waals surface area contributed by atoms with Gasteiger partial charge in [0.25, 0.3) is 0 Å². The van der Waals surface area contributed by atoms with Gasteiger partial charge in [-0.1, -0.05) is 141 Å². The molecule has 0 saturated heterocycles. The van der Waals surface area contributed by atoms with Crippen LogP contribution in [0.4, 0.5) is 4.79 Å². The zero-order chi connectivity index (χ0) is 31.8. The molecule has 45 heavy (non-hydrogen) atoms. The lowest BCUT2D eigenvalue weighted by Gasteiger charge is -2.38. The third-order valence-electron chi connectivity index (χ3n) is 8.01. The lowest BCUT2D eigenvalue weighted by atomic mass is 9.76. The number of carbonyl (C=O) groups excluding carboxylic acids is 2. The van der Waals surface area contributed by atoms with E-state index < -0.39 is 36.0 Å². The zero-order valence-electron chi connectivity index (χ0n) is 24.7. The van der Waals surface area contributed by atoms with Crippen LogP contribution in [0.3, 0.4) is 0 Å². The average Bonchev–Trinajstić information content (AvgIpc) is 3.39. The molecule has 5 rings (SSSR count). The molecule has 4 aromatic carbocycles. The first-order valence-corrected chi connectivity index (χ1v) is 14.6. The molecule has 0 saturated carbocycles. The van der Waals surface area contributed by atoms with Crippen LogP contribution in [0.25, 0.3) is 11.1 Å². The van der Waals surface area contributed by atoms with Crippen molar-refractivity contribution < 1.29 is 24.2 Å². The van der Waals surface area contributed by atoms with Gasteiger partial charge in [-0.05, 0) is 39.0 Å². The molecule has 0 heterocycles. The number of hydrogen-bond donors (Lipinski definition) is 3. The van der Waals surface area contributed by atoms with E-state index in [0.29, 0.717) is 5.57 Å². The van der Waals surface area contributed by atoms with Crippen LogP contribution in [0.5, 0.6) is 0 Å². The molecule has 7 nitrogen and oxygen atoms in total. The number of fused-ring (bicyclic) bond motifs is 3. The van der Waals surface area contributed by atoms with Crippen LogP contribution >= 0.6 is 0 Å². The van der Waals surface area contributed by atoms with Crippen LogP contribution < -0.4 is 10.6 Å². The Bertz CT molecular complexity index is 1660. The maximum absolute atomic E-state index is 13.7. The molecular formula is C38H34N2O5. The van der Waals surface area contributed by atoms with E-state index in [1.165, 1.54) is 0 Å². The van der Waals surface area contributed by atoms with E-state index in [9.17, 15) is 19.5 Å². The van der Waals surface area contributed by atoms with Crippen LogP contribution in [-0.4, -0.2) is 35.7 Å². The summed E-state index contributed by atoms with van der Waals surface area (Å²) in [4.78, 5) is 38.9. The SMILES string of the molecule is C=C/C=C(\C=C)C(NC(=O)C[C@H](NC(=O)OCC1c2ccccc2-c2ccccc21)C(=O)O)(c1ccccc1)c1ccccc1. The van der Waals surface area contributed by atoms with Crippen LogP contribution in [-0.2, 0) is 19.9 Å². The van der Waals surface area contributed by atoms with Gasteiger partial charge in [0.1, 0.15) is 18.2 Å². The van der Waals surface area contributed by atoms with Crippen LogP contribution in [0.15, 0.2) is 146 Å². The minimum Gasteiger partial charge on any atom is -0.480 e. The predicted octanol–water partition coefficient (Wildman–Crippen LogP) is 6.73. The van der Waals surface area contributed by atoms with E-state index in [4.69, 9.17) is 4.74 Å². The molecule has 4 aromatic rings. The van der Waals surface area contributed by atoms with Crippen molar-refractivity contribution >= 4 is 18.0 Å². The molecular weight excluding hydrogens is 564 g/mol. The number of carbonyl (C=O) groups is 3. The molecule has 2 amide bonds. The van der Waals surface area contributed by atoms with Gasteiger partial charge in [0.2, 0.25) is 5.91 Å². The summed E-state index contributed by atoms with van der Waals surface area (Å²) in [6.07, 6.45) is 3.51. The van der Waals surface area contributed by atoms with Crippen LogP contribution in [0.2, 0.25) is 0 Å². The van der Waals surface area contributed by atoms with E-state index in [-0.39, 0.29) is 12.5 Å². The Morgan fingerprint density at radius 2 is 1.31 bits per heavy atom. The molecule has 0 bridgehead atoms. The van der Waals surface area contributed by atoms with E-state index in [1.54, 1.807) is 18.2 Å². The second kappa shape index (κ2) is 13.7. The van der Waals surface area contributed by atoms with E-state index >= 15 is 0 Å². The number of carboxylic acids is 1. The van der Waals surface area contributed by atoms with Crippen LogP contribution in [0.1, 0.15) is 34.6 Å². The maximum atomic E-state index is 13.7. The van der Waals surface area contributed by atoms with Gasteiger partial charge in [-0.2, -0.15) is 0 Å². The molecule has 0 aromatic heterocycles. The highest BCUT2D eigenvalue weighted by Crippen LogP contribution is 2.44. The summed E-state index contributed by atoms with van der Waals surface area (Å²) in [7, 11) is 0. The first-order valence-electron chi connectivity index (χ1n) is 14.6. The fourth-order valence-electron chi connectivity index (χ4n) is 5.99. The van der Waals surface area contributed by atoms with Gasteiger partial charge in [0.05, 0.1) is 6.42 Å². The fraction of sp³-hybridized carbons (Fsp3) is 0.132. The molecule has 1 atom stereocenters. The third kappa shape index (κ3) is 6.33. The largest absolute Gasteiger partial charge is 0.480 e. The molecule has 0 aliphatic heterocycles. The molecule has 1 aliphatic carbocycles. The van der Waals surface area contributed by atoms with Crippen molar-refractivity contribution in [2.75, 3.05) is 6.61 Å². The average molecular weight is 599 g/mol. The molecule has 0 spiro atoms. The monoisotopic (exact) mass is 598 g/mol. The number of nitrogens with one attached hydrogen (secondary N) is 2. The molecule has 226 valence electrons. The Kier molecular flexibility index (Phi) is 9.39. The smallest absolute Gasteiger partial charge is 0.407 e. The summed E-state index contributed by atoms with van der Waals surface area (Å²) in [5.41, 5.74) is 5.08. The van der Waals surface area contributed by atoms with Crippen molar-refractivity contribution in [3.8, 4) is 11.1 Å². The number of alkyl carbamates (subject to hydrolysis) is 1. The Labute approximate surface area is 262 Å². The number of rotatable bonds is 12. The van der Waals surface area contributed by atoms with Gasteiger partial charge in [-0.25, -0.2) is 9.59 Å². The Balaban J connectivity index is 1.35. The minimum atomic E-state index is -1.54. The summed E-state index contributed by atoms with van der Waals surface area (Å²) >= 11 is 0. The Morgan fingerprint density at radius 1 is 0.800 bits per heavy atom. The van der Waals surface area contributed by atoms with Crippen molar-refractivity contribution in [1.29, 1.82) is 0 Å². The number of amides is 2. The zero-order valence-corrected chi connectivity index (χ0v) is 24.7. The number of allylic oxidation sites excluding steroid dienone is 2. The summed E-state index contributed by atoms with van der Waals surface area (Å²) in [5.74, 6) is -2.17. The van der Waals surface area contributed by atoms with Crippen molar-refractivity contribution in [1.82, 2.24) is 10.6 Å². The Hall–Kier alpha value is -5.69. The number of benzene rings is 4. The first-order chi connectivity index (χ1) is 21.9. The second-order valence-corrected chi connectivity index (χ2v) is 10.7. The predicted molar refractivity (Wildman–Crippen MR) is 175 cm³/mol. The number of aliphatic carboxylic acids is 1. The minimum absolute atomic E-state index is 0.0125. The number of hydrogen-bond acceptors (Lipinski definition) is 4. The summed E-state index contributed by atoms with van der Waals surface area (Å²) < 4.78 is 5.55. The fourth-order valence-corrected chi connectivity index (χ4v) is 5.99. The quantitative estimate of drug-likeness (QED) is 0.157. The highest BCUT2D eigenvalue weighted by molar-refractivity contribution is 5.88. The van der Waals surface area contributed by atoms with Crippen molar-refractivity contribution in [2.45, 2.75) is 23.9 Å². The van der Waals surface area contributed by atoms with Gasteiger partial charge >= 0.3 is 12.1 Å². The van der Waals surface area contributed by atoms with Crippen molar-refractivity contribution in [2.24, 2.45) is 0 Å². The van der Waals surface area contributed by atoms with Gasteiger partial charge in [0, 0.05) is 5.92 Å². The van der Waals surface area contributed by atoms with Gasteiger partial charge in [-0.3, -0.25) is 4.79 Å². The van der Waals surface area contributed by atoms with E-state index in [2.05, 4.69) is 23.8 Å². The van der Waals surface area contributed by atoms with Crippen molar-refractivity contribution in [3.05, 3.63) is 168 Å². The van der Waals surface area contributed by atoms with Crippen LogP contribution in [0, 0.1) is 0 Å². The van der Waals surface area contributed by atoms with Gasteiger partial charge < -0.3 is 20.5 Å². The number of ether oxygens (including phenoxy) is 1. The standard InChI is InChI=1S/C38H34N2O5/c1-3-15-26(4-2)38(27-16-7-5-8-17-27,28-18-9-6-10-19-28)40-35(41)24-34(36(42)43)39-37(44)45-25-33-31-22-13-11-20-29(31)30-21-12-14-23-32(30)33/h3-23,33-34H,1-2,24-25H2,(H,39,44)(H,40,41)(H,42,43)/b26-15+/t34-/m0/s1. The molecule has 0 unspecified atom stereocenters. The molecule has 7 heteroatoms. The summed E-state index contributed by atoms with van der Waals surface area (Å²) in [6.45, 7) is 7.82. The molecule has 0 radical (unpaired) electrons. The van der Waals surface area contributed by atoms with E-state index in [1.807, 2.05) is 109 Å². The highest BCUT2D eigenvalue weighted by atomic mass is 16.5. The lowest BCUT2D eigenvalue weighted by molar-refractivity contribution is -0.141. The Morgan fingerprint density at radius 3 is 1.80 bits per heavy atom. The third-order valence-corrected chi connectivity index (χ3v) is 8.01. The van der Waals surface area contributed by atoms with Crippen molar-refractivity contribution in [3.63, 3.8) is 0 Å². The lowest BCUT2D eigenvalue weighted by Crippen LogP contribution is -2.51. The number of carboxylic acid groups (broad SMARTS) is 1. The van der Waals surface area contributed by atoms with E-state index in [0.717, 1.165) is 33.4 Å². The second-order valence-electron chi connectivity index (χ2n) is 10.7. The summed E-state index contributed by atoms with van der Waals surface area (Å²) in [5, 5.41) is 15.4. The summed E-state index contributed by atoms with van der Waals surface area (Å²) in [6, 6.07) is 32.9. The molecule has 1 aliphatic rings. The normalized spacial score (nSPS) is 13.1.